The summed E-state index contributed by atoms with van der Waals surface area (Å²) in [7, 11) is 3.38. The summed E-state index contributed by atoms with van der Waals surface area (Å²) in [5, 5.41) is 6.92. The van der Waals surface area contributed by atoms with Gasteiger partial charge in [0.25, 0.3) is 0 Å². The summed E-state index contributed by atoms with van der Waals surface area (Å²) < 4.78 is 6.83. The highest BCUT2D eigenvalue weighted by atomic mass is 79.9. The number of halogens is 3. The third-order valence-electron chi connectivity index (χ3n) is 6.92. The normalized spacial score (nSPS) is 18.7. The molecule has 0 radical (unpaired) electrons. The lowest BCUT2D eigenvalue weighted by molar-refractivity contribution is -0.128. The van der Waals surface area contributed by atoms with Gasteiger partial charge in [0.2, 0.25) is 18.2 Å². The van der Waals surface area contributed by atoms with E-state index in [0.29, 0.717) is 15.7 Å². The van der Waals surface area contributed by atoms with Crippen molar-refractivity contribution in [2.75, 3.05) is 32.6 Å². The number of rotatable bonds is 4. The Balaban J connectivity index is 0.000000226. The Morgan fingerprint density at radius 1 is 1.05 bits per heavy atom. The van der Waals surface area contributed by atoms with E-state index in [0.717, 1.165) is 34.4 Å². The summed E-state index contributed by atoms with van der Waals surface area (Å²) in [4.78, 5) is 35.9. The van der Waals surface area contributed by atoms with Gasteiger partial charge in [0, 0.05) is 53.2 Å². The second kappa shape index (κ2) is 14.6. The molecule has 1 saturated heterocycles. The fourth-order valence-electron chi connectivity index (χ4n) is 4.87. The monoisotopic (exact) mass is 689 g/mol. The van der Waals surface area contributed by atoms with Gasteiger partial charge >= 0.3 is 0 Å². The highest BCUT2D eigenvalue weighted by Crippen LogP contribution is 2.50. The first-order valence-electron chi connectivity index (χ1n) is 13.8. The van der Waals surface area contributed by atoms with Crippen molar-refractivity contribution in [2.24, 2.45) is 5.41 Å². The quantitative estimate of drug-likeness (QED) is 0.280. The summed E-state index contributed by atoms with van der Waals surface area (Å²) in [6.07, 6.45) is 0.982. The molecule has 1 spiro atoms. The molecule has 2 aliphatic rings. The number of ether oxygens (including phenoxy) is 1. The lowest BCUT2D eigenvalue weighted by Crippen LogP contribution is -2.54. The Labute approximate surface area is 272 Å². The molecule has 2 atom stereocenters. The number of carbonyl (C=O) groups excluding carboxylic acids is 3. The maximum absolute atomic E-state index is 13.0. The molecule has 3 aromatic carbocycles. The molecule has 2 N–H and O–H groups in total. The van der Waals surface area contributed by atoms with Crippen LogP contribution in [0.2, 0.25) is 10.0 Å². The molecular formula is C33H38BrCl2N3O4. The number of fused-ring (bicyclic) bond motifs is 2. The van der Waals surface area contributed by atoms with Gasteiger partial charge in [-0.3, -0.25) is 14.4 Å². The summed E-state index contributed by atoms with van der Waals surface area (Å²) in [6.45, 7) is 9.56. The van der Waals surface area contributed by atoms with E-state index in [1.54, 1.807) is 32.3 Å². The number of hydrogen-bond donors (Lipinski definition) is 2. The highest BCUT2D eigenvalue weighted by Gasteiger charge is 2.55. The van der Waals surface area contributed by atoms with Gasteiger partial charge in [0.1, 0.15) is 11.2 Å². The van der Waals surface area contributed by atoms with Crippen LogP contribution < -0.4 is 15.4 Å². The minimum absolute atomic E-state index is 0.0687. The van der Waals surface area contributed by atoms with Crippen molar-refractivity contribution in [3.8, 4) is 5.75 Å². The lowest BCUT2D eigenvalue weighted by atomic mass is 9.65. The maximum atomic E-state index is 13.0. The molecule has 0 bridgehead atoms. The summed E-state index contributed by atoms with van der Waals surface area (Å²) in [5.74, 6) is 0.501. The van der Waals surface area contributed by atoms with Crippen molar-refractivity contribution < 1.29 is 19.1 Å². The number of piperidine rings is 1. The van der Waals surface area contributed by atoms with E-state index in [-0.39, 0.29) is 36.1 Å². The van der Waals surface area contributed by atoms with Gasteiger partial charge in [-0.05, 0) is 71.5 Å². The molecular weight excluding hydrogens is 653 g/mol. The zero-order valence-electron chi connectivity index (χ0n) is 25.3. The van der Waals surface area contributed by atoms with Crippen molar-refractivity contribution in [1.29, 1.82) is 0 Å². The van der Waals surface area contributed by atoms with E-state index in [1.807, 2.05) is 36.4 Å². The molecule has 5 rings (SSSR count). The molecule has 43 heavy (non-hydrogen) atoms. The number of carbonyl (C=O) groups is 3. The first kappa shape index (κ1) is 34.4. The van der Waals surface area contributed by atoms with Gasteiger partial charge in [-0.15, -0.1) is 0 Å². The van der Waals surface area contributed by atoms with Crippen LogP contribution in [-0.2, 0) is 19.8 Å². The zero-order valence-corrected chi connectivity index (χ0v) is 28.4. The molecule has 7 nitrogen and oxygen atoms in total. The van der Waals surface area contributed by atoms with Crippen LogP contribution in [0.4, 0.5) is 5.69 Å². The highest BCUT2D eigenvalue weighted by molar-refractivity contribution is 9.10. The Kier molecular flexibility index (Phi) is 11.7. The summed E-state index contributed by atoms with van der Waals surface area (Å²) >= 11 is 15.6. The van der Waals surface area contributed by atoms with E-state index >= 15 is 0 Å². The smallest absolute Gasteiger partial charge is 0.237 e. The van der Waals surface area contributed by atoms with Crippen molar-refractivity contribution in [3.63, 3.8) is 0 Å². The largest absolute Gasteiger partial charge is 0.493 e. The van der Waals surface area contributed by atoms with Crippen LogP contribution in [0.5, 0.6) is 5.75 Å². The predicted octanol–water partition coefficient (Wildman–Crippen LogP) is 7.37. The molecule has 0 unspecified atom stereocenters. The summed E-state index contributed by atoms with van der Waals surface area (Å²) in [5.41, 5.74) is 2.98. The van der Waals surface area contributed by atoms with Crippen LogP contribution in [-0.4, -0.2) is 50.4 Å². The third kappa shape index (κ3) is 8.97. The molecule has 0 aliphatic carbocycles. The number of hydrogen-bond acceptors (Lipinski definition) is 4. The fourth-order valence-corrected chi connectivity index (χ4v) is 5.72. The van der Waals surface area contributed by atoms with Crippen molar-refractivity contribution in [1.82, 2.24) is 10.2 Å². The van der Waals surface area contributed by atoms with Crippen LogP contribution in [0, 0.1) is 12.3 Å². The van der Waals surface area contributed by atoms with Gasteiger partial charge in [-0.25, -0.2) is 0 Å². The van der Waals surface area contributed by atoms with Gasteiger partial charge in [0.15, 0.2) is 0 Å². The van der Waals surface area contributed by atoms with E-state index in [2.05, 4.69) is 60.3 Å². The average molecular weight is 691 g/mol. The van der Waals surface area contributed by atoms with E-state index < -0.39 is 5.41 Å². The van der Waals surface area contributed by atoms with Crippen molar-refractivity contribution in [3.05, 3.63) is 91.9 Å². The van der Waals surface area contributed by atoms with Crippen molar-refractivity contribution in [2.45, 2.75) is 45.4 Å². The fraction of sp³-hybridized carbons (Fsp3) is 0.364. The van der Waals surface area contributed by atoms with Crippen LogP contribution >= 0.6 is 39.1 Å². The molecule has 3 aromatic rings. The third-order valence-corrected chi connectivity index (χ3v) is 7.89. The molecule has 0 aromatic heterocycles. The van der Waals surface area contributed by atoms with Crippen LogP contribution in [0.3, 0.4) is 0 Å². The lowest BCUT2D eigenvalue weighted by Gasteiger charge is -2.40. The van der Waals surface area contributed by atoms with Gasteiger partial charge in [-0.2, -0.15) is 0 Å². The first-order valence-corrected chi connectivity index (χ1v) is 15.4. The van der Waals surface area contributed by atoms with E-state index in [4.69, 9.17) is 27.9 Å². The topological polar surface area (TPSA) is 87.7 Å². The number of nitrogens with one attached hydrogen (secondary N) is 2. The molecule has 10 heteroatoms. The first-order chi connectivity index (χ1) is 20.2. The van der Waals surface area contributed by atoms with E-state index in [9.17, 15) is 14.4 Å². The van der Waals surface area contributed by atoms with Crippen LogP contribution in [0.25, 0.3) is 0 Å². The molecule has 3 amide bonds. The molecule has 2 heterocycles. The maximum Gasteiger partial charge on any atom is 0.237 e. The van der Waals surface area contributed by atoms with Crippen LogP contribution in [0.1, 0.15) is 49.8 Å². The van der Waals surface area contributed by atoms with E-state index in [1.165, 1.54) is 10.5 Å². The predicted molar refractivity (Wildman–Crippen MR) is 177 cm³/mol. The number of anilines is 1. The molecule has 0 saturated carbocycles. The molecule has 1 fully saturated rings. The SMILES string of the molecule is CN(C)C=O.Cc1cc(Br)ccc1OCC(C)(C)C.O=C1C[C@@H](c2cccc(Cl)c2)[C@@]2(CN1)C(=O)Nc1cc(Cl)ccc12. The van der Waals surface area contributed by atoms with Crippen LogP contribution in [0.15, 0.2) is 65.1 Å². The molecule has 2 aliphatic heterocycles. The minimum atomic E-state index is -0.849. The number of amides is 3. The van der Waals surface area contributed by atoms with Gasteiger partial charge in [0.05, 0.1) is 6.61 Å². The Hall–Kier alpha value is -3.07. The second-order valence-electron chi connectivity index (χ2n) is 12.0. The van der Waals surface area contributed by atoms with Gasteiger partial charge < -0.3 is 20.3 Å². The Bertz CT molecular complexity index is 1470. The Morgan fingerprint density at radius 3 is 2.33 bits per heavy atom. The molecule has 230 valence electrons. The Morgan fingerprint density at radius 2 is 1.72 bits per heavy atom. The summed E-state index contributed by atoms with van der Waals surface area (Å²) in [6, 6.07) is 18.8. The van der Waals surface area contributed by atoms with Crippen molar-refractivity contribution >= 4 is 63.0 Å². The standard InChI is InChI=1S/C18H14Cl2N2O2.C12H17BrO.C3H7NO/c19-11-3-1-2-10(6-11)14-8-16(23)21-9-18(14)13-5-4-12(20)7-15(13)22-17(18)24;1-9-7-10(13)5-6-11(9)14-8-12(2,3)4;1-4(2)3-5/h1-7,14H,8-9H2,(H,21,23)(H,22,24);5-7H,8H2,1-4H3;3H,1-2H3/t14-,18-;;/m0../s1. The number of aryl methyl sites for hydroxylation is 1. The number of benzene rings is 3. The second-order valence-corrected chi connectivity index (χ2v) is 13.8. The average Bonchev–Trinajstić information content (AvgIpc) is 3.20. The van der Waals surface area contributed by atoms with Gasteiger partial charge in [-0.1, -0.05) is 78.1 Å². The number of nitrogens with zero attached hydrogens (tertiary/aromatic N) is 1. The zero-order chi connectivity index (χ0) is 31.9. The minimum Gasteiger partial charge on any atom is -0.493 e.